The van der Waals surface area contributed by atoms with Gasteiger partial charge in [0.1, 0.15) is 11.6 Å². The average molecular weight is 302 g/mol. The Hall–Kier alpha value is -0.690. The van der Waals surface area contributed by atoms with Crippen LogP contribution >= 0.6 is 11.6 Å². The van der Waals surface area contributed by atoms with E-state index in [1.54, 1.807) is 6.07 Å². The number of pyridine rings is 1. The van der Waals surface area contributed by atoms with Crippen molar-refractivity contribution < 1.29 is 9.29 Å². The minimum atomic E-state index is -0.964. The summed E-state index contributed by atoms with van der Waals surface area (Å²) in [5.41, 5.74) is 0. The summed E-state index contributed by atoms with van der Waals surface area (Å²) >= 11 is 5.21. The van der Waals surface area contributed by atoms with Gasteiger partial charge in [0.05, 0.1) is 31.1 Å². The smallest absolute Gasteiger partial charge is 0.177 e. The van der Waals surface area contributed by atoms with Crippen molar-refractivity contribution in [1.82, 2.24) is 4.98 Å². The van der Waals surface area contributed by atoms with Crippen molar-refractivity contribution in [3.63, 3.8) is 0 Å². The van der Waals surface area contributed by atoms with Gasteiger partial charge < -0.3 is 14.2 Å². The Morgan fingerprint density at radius 3 is 2.63 bits per heavy atom. The van der Waals surface area contributed by atoms with Gasteiger partial charge in [-0.25, -0.2) is 4.98 Å². The van der Waals surface area contributed by atoms with Crippen molar-refractivity contribution in [3.05, 3.63) is 17.2 Å². The molecule has 2 aliphatic rings. The van der Waals surface area contributed by atoms with Crippen molar-refractivity contribution >= 4 is 34.6 Å². The fourth-order valence-corrected chi connectivity index (χ4v) is 3.74. The van der Waals surface area contributed by atoms with Crippen LogP contribution in [-0.2, 0) is 16.1 Å². The number of rotatable bonds is 2. The lowest BCUT2D eigenvalue weighted by atomic mass is 10.3. The van der Waals surface area contributed by atoms with Crippen molar-refractivity contribution in [2.75, 3.05) is 47.8 Å². The topological polar surface area (TPSA) is 51.7 Å². The monoisotopic (exact) mass is 301 g/mol. The molecule has 0 spiro atoms. The molecule has 3 rings (SSSR count). The van der Waals surface area contributed by atoms with E-state index in [4.69, 9.17) is 16.3 Å². The van der Waals surface area contributed by atoms with E-state index in [1.807, 2.05) is 10.4 Å². The lowest BCUT2D eigenvalue weighted by Crippen LogP contribution is -2.37. The quantitative estimate of drug-likeness (QED) is 0.774. The maximum absolute atomic E-state index is 11.9. The van der Waals surface area contributed by atoms with Crippen LogP contribution in [0.3, 0.4) is 0 Å². The van der Waals surface area contributed by atoms with E-state index in [9.17, 15) is 4.55 Å². The van der Waals surface area contributed by atoms with Gasteiger partial charge in [-0.15, -0.1) is 0 Å². The van der Waals surface area contributed by atoms with E-state index < -0.39 is 11.4 Å². The maximum atomic E-state index is 11.9. The molecular weight excluding hydrogens is 286 g/mol. The molecule has 2 saturated heterocycles. The van der Waals surface area contributed by atoms with Gasteiger partial charge in [-0.1, -0.05) is 11.6 Å². The van der Waals surface area contributed by atoms with Crippen LogP contribution in [0.5, 0.6) is 0 Å². The van der Waals surface area contributed by atoms with E-state index in [-0.39, 0.29) is 0 Å². The number of aromatic nitrogens is 1. The second-order valence-electron chi connectivity index (χ2n) is 4.58. The van der Waals surface area contributed by atoms with Crippen LogP contribution in [0.15, 0.2) is 12.1 Å². The molecule has 0 aromatic carbocycles. The third-order valence-corrected chi connectivity index (χ3v) is 5.00. The van der Waals surface area contributed by atoms with Gasteiger partial charge in [0, 0.05) is 30.6 Å². The van der Waals surface area contributed by atoms with Crippen LogP contribution in [0.25, 0.3) is 0 Å². The molecule has 19 heavy (non-hydrogen) atoms. The molecule has 1 aromatic rings. The molecule has 3 heterocycles. The zero-order chi connectivity index (χ0) is 13.2. The molecule has 0 saturated carbocycles. The maximum Gasteiger partial charge on any atom is 0.177 e. The Balaban J connectivity index is 1.86. The SMILES string of the molecule is [O-][S+]1CCCN1c1cc(Cl)cc(N2CCOCC2)n1. The van der Waals surface area contributed by atoms with Gasteiger partial charge in [-0.05, 0) is 6.07 Å². The van der Waals surface area contributed by atoms with Crippen LogP contribution in [0.4, 0.5) is 11.6 Å². The van der Waals surface area contributed by atoms with E-state index in [0.717, 1.165) is 31.9 Å². The minimum absolute atomic E-state index is 0.635. The molecule has 5 nitrogen and oxygen atoms in total. The molecule has 7 heteroatoms. The Morgan fingerprint density at radius 1 is 1.21 bits per heavy atom. The third-order valence-electron chi connectivity index (χ3n) is 3.28. The molecule has 104 valence electrons. The fraction of sp³-hybridized carbons (Fsp3) is 0.583. The number of hydrogen-bond acceptors (Lipinski definition) is 5. The molecule has 0 amide bonds. The van der Waals surface area contributed by atoms with Crippen molar-refractivity contribution in [2.45, 2.75) is 6.42 Å². The highest BCUT2D eigenvalue weighted by atomic mass is 35.5. The standard InChI is InChI=1S/C12H16ClN3O2S/c13-10-8-11(15-3-5-18-6-4-15)14-12(9-10)16-2-1-7-19(16)17/h8-9H,1-7H2. The van der Waals surface area contributed by atoms with Crippen molar-refractivity contribution in [2.24, 2.45) is 0 Å². The van der Waals surface area contributed by atoms with Crippen molar-refractivity contribution in [3.8, 4) is 0 Å². The largest absolute Gasteiger partial charge is 0.593 e. The first-order chi connectivity index (χ1) is 9.24. The van der Waals surface area contributed by atoms with Gasteiger partial charge in [-0.2, -0.15) is 4.31 Å². The van der Waals surface area contributed by atoms with Crippen LogP contribution in [0, 0.1) is 0 Å². The van der Waals surface area contributed by atoms with Crippen LogP contribution < -0.4 is 9.21 Å². The summed E-state index contributed by atoms with van der Waals surface area (Å²) in [6.07, 6.45) is 0.938. The highest BCUT2D eigenvalue weighted by Gasteiger charge is 2.29. The lowest BCUT2D eigenvalue weighted by Gasteiger charge is -2.28. The second-order valence-corrected chi connectivity index (χ2v) is 6.51. The molecule has 0 bridgehead atoms. The van der Waals surface area contributed by atoms with Gasteiger partial charge in [-0.3, -0.25) is 0 Å². The van der Waals surface area contributed by atoms with Gasteiger partial charge >= 0.3 is 0 Å². The molecule has 2 fully saturated rings. The first-order valence-electron chi connectivity index (χ1n) is 6.40. The molecule has 2 aliphatic heterocycles. The van der Waals surface area contributed by atoms with E-state index in [1.165, 1.54) is 0 Å². The van der Waals surface area contributed by atoms with Crippen LogP contribution in [0.1, 0.15) is 6.42 Å². The summed E-state index contributed by atoms with van der Waals surface area (Å²) < 4.78 is 19.1. The van der Waals surface area contributed by atoms with Crippen LogP contribution in [0.2, 0.25) is 5.02 Å². The number of morpholine rings is 1. The Morgan fingerprint density at radius 2 is 1.95 bits per heavy atom. The normalized spacial score (nSPS) is 24.0. The van der Waals surface area contributed by atoms with Crippen molar-refractivity contribution in [1.29, 1.82) is 0 Å². The van der Waals surface area contributed by atoms with Crippen LogP contribution in [-0.4, -0.2) is 48.1 Å². The predicted molar refractivity (Wildman–Crippen MR) is 77.3 cm³/mol. The Bertz CT molecular complexity index is 457. The number of halogens is 1. The molecular formula is C12H16ClN3O2S. The number of anilines is 2. The molecule has 0 radical (unpaired) electrons. The second kappa shape index (κ2) is 5.75. The number of ether oxygens (including phenoxy) is 1. The summed E-state index contributed by atoms with van der Waals surface area (Å²) in [5, 5.41) is 0.635. The highest BCUT2D eigenvalue weighted by molar-refractivity contribution is 7.93. The fourth-order valence-electron chi connectivity index (χ4n) is 2.31. The van der Waals surface area contributed by atoms with Gasteiger partial charge in [0.25, 0.3) is 0 Å². The summed E-state index contributed by atoms with van der Waals surface area (Å²) in [4.78, 5) is 6.76. The first-order valence-corrected chi connectivity index (χ1v) is 8.06. The molecule has 1 atom stereocenters. The highest BCUT2D eigenvalue weighted by Crippen LogP contribution is 2.28. The predicted octanol–water partition coefficient (Wildman–Crippen LogP) is 1.45. The zero-order valence-corrected chi connectivity index (χ0v) is 12.1. The molecule has 0 N–H and O–H groups in total. The first kappa shape index (κ1) is 13.3. The van der Waals surface area contributed by atoms with Gasteiger partial charge in [0.15, 0.2) is 5.82 Å². The summed E-state index contributed by atoms with van der Waals surface area (Å²) in [7, 11) is 0. The third kappa shape index (κ3) is 2.91. The molecule has 0 aliphatic carbocycles. The lowest BCUT2D eigenvalue weighted by molar-refractivity contribution is 0.122. The van der Waals surface area contributed by atoms with E-state index in [0.29, 0.717) is 29.8 Å². The number of nitrogens with zero attached hydrogens (tertiary/aromatic N) is 3. The average Bonchev–Trinajstić information content (AvgIpc) is 2.85. The summed E-state index contributed by atoms with van der Waals surface area (Å²) in [6, 6.07) is 3.64. The summed E-state index contributed by atoms with van der Waals surface area (Å²) in [5.74, 6) is 2.26. The van der Waals surface area contributed by atoms with E-state index >= 15 is 0 Å². The minimum Gasteiger partial charge on any atom is -0.593 e. The summed E-state index contributed by atoms with van der Waals surface area (Å²) in [6.45, 7) is 3.83. The molecule has 1 unspecified atom stereocenters. The van der Waals surface area contributed by atoms with Gasteiger partial charge in [0.2, 0.25) is 0 Å². The zero-order valence-electron chi connectivity index (χ0n) is 10.5. The molecule has 1 aromatic heterocycles. The Labute approximate surface area is 120 Å². The number of hydrogen-bond donors (Lipinski definition) is 0. The Kier molecular flexibility index (Phi) is 4.02. The van der Waals surface area contributed by atoms with E-state index in [2.05, 4.69) is 9.88 Å².